The third-order valence-corrected chi connectivity index (χ3v) is 2.77. The van der Waals surface area contributed by atoms with Gasteiger partial charge >= 0.3 is 0 Å². The number of ether oxygens (including phenoxy) is 1. The molecule has 0 amide bonds. The standard InChI is InChI=1S/C13H19FO2/c1-9-6-12(14)5-4-11(9)8-13(15)7-10(2)16-3/h4-6,10,13,15H,7-8H2,1-3H3. The lowest BCUT2D eigenvalue weighted by Crippen LogP contribution is -2.19. The molecule has 0 heterocycles. The van der Waals surface area contributed by atoms with Crippen molar-refractivity contribution in [2.75, 3.05) is 7.11 Å². The Morgan fingerprint density at radius 1 is 1.44 bits per heavy atom. The van der Waals surface area contributed by atoms with Crippen molar-refractivity contribution in [3.63, 3.8) is 0 Å². The van der Waals surface area contributed by atoms with Crippen LogP contribution in [0.2, 0.25) is 0 Å². The minimum absolute atomic E-state index is 0.0377. The maximum absolute atomic E-state index is 12.9. The molecule has 90 valence electrons. The first kappa shape index (κ1) is 13.1. The molecule has 3 heteroatoms. The van der Waals surface area contributed by atoms with Crippen molar-refractivity contribution in [1.82, 2.24) is 0 Å². The van der Waals surface area contributed by atoms with E-state index in [1.807, 2.05) is 13.8 Å². The predicted molar refractivity (Wildman–Crippen MR) is 61.9 cm³/mol. The summed E-state index contributed by atoms with van der Waals surface area (Å²) in [5, 5.41) is 9.82. The zero-order valence-electron chi connectivity index (χ0n) is 10.0. The molecule has 0 aliphatic rings. The molecule has 1 N–H and O–H groups in total. The van der Waals surface area contributed by atoms with Crippen LogP contribution in [-0.2, 0) is 11.2 Å². The first-order valence-electron chi connectivity index (χ1n) is 5.48. The van der Waals surface area contributed by atoms with Crippen molar-refractivity contribution in [3.8, 4) is 0 Å². The number of aliphatic hydroxyl groups excluding tert-OH is 1. The van der Waals surface area contributed by atoms with E-state index >= 15 is 0 Å². The first-order valence-corrected chi connectivity index (χ1v) is 5.48. The number of aryl methyl sites for hydroxylation is 1. The van der Waals surface area contributed by atoms with Gasteiger partial charge < -0.3 is 9.84 Å². The molecule has 16 heavy (non-hydrogen) atoms. The summed E-state index contributed by atoms with van der Waals surface area (Å²) < 4.78 is 18.0. The van der Waals surface area contributed by atoms with E-state index in [0.717, 1.165) is 11.1 Å². The molecule has 0 bridgehead atoms. The number of hydrogen-bond acceptors (Lipinski definition) is 2. The highest BCUT2D eigenvalue weighted by Crippen LogP contribution is 2.14. The fraction of sp³-hybridized carbons (Fsp3) is 0.538. The van der Waals surface area contributed by atoms with Crippen LogP contribution in [0.1, 0.15) is 24.5 Å². The van der Waals surface area contributed by atoms with Gasteiger partial charge in [0, 0.05) is 7.11 Å². The Kier molecular flexibility index (Phi) is 4.90. The molecule has 0 radical (unpaired) electrons. The smallest absolute Gasteiger partial charge is 0.123 e. The minimum Gasteiger partial charge on any atom is -0.393 e. The highest BCUT2D eigenvalue weighted by Gasteiger charge is 2.11. The normalized spacial score (nSPS) is 14.8. The number of benzene rings is 1. The van der Waals surface area contributed by atoms with Crippen LogP contribution in [0.15, 0.2) is 18.2 Å². The highest BCUT2D eigenvalue weighted by atomic mass is 19.1. The maximum Gasteiger partial charge on any atom is 0.123 e. The Labute approximate surface area is 96.1 Å². The molecule has 0 aliphatic carbocycles. The van der Waals surface area contributed by atoms with Gasteiger partial charge in [0.1, 0.15) is 5.82 Å². The minimum atomic E-state index is -0.445. The Morgan fingerprint density at radius 2 is 2.12 bits per heavy atom. The van der Waals surface area contributed by atoms with Crippen LogP contribution in [0, 0.1) is 12.7 Å². The fourth-order valence-electron chi connectivity index (χ4n) is 1.70. The molecule has 1 aromatic rings. The summed E-state index contributed by atoms with van der Waals surface area (Å²) in [6.07, 6.45) is 0.725. The molecule has 0 fully saturated rings. The van der Waals surface area contributed by atoms with Gasteiger partial charge in [-0.15, -0.1) is 0 Å². The monoisotopic (exact) mass is 226 g/mol. The molecule has 2 nitrogen and oxygen atoms in total. The molecule has 1 aromatic carbocycles. The summed E-state index contributed by atoms with van der Waals surface area (Å²) in [6.45, 7) is 3.77. The summed E-state index contributed by atoms with van der Waals surface area (Å²) in [5.74, 6) is -0.235. The van der Waals surface area contributed by atoms with Crippen molar-refractivity contribution >= 4 is 0 Å². The lowest BCUT2D eigenvalue weighted by molar-refractivity contribution is 0.0565. The average Bonchev–Trinajstić information content (AvgIpc) is 2.22. The Morgan fingerprint density at radius 3 is 2.69 bits per heavy atom. The second-order valence-electron chi connectivity index (χ2n) is 4.21. The largest absolute Gasteiger partial charge is 0.393 e. The van der Waals surface area contributed by atoms with E-state index in [9.17, 15) is 9.50 Å². The van der Waals surface area contributed by atoms with Gasteiger partial charge in [0.05, 0.1) is 12.2 Å². The van der Waals surface area contributed by atoms with Gasteiger partial charge in [-0.2, -0.15) is 0 Å². The molecule has 0 saturated heterocycles. The van der Waals surface area contributed by atoms with Crippen molar-refractivity contribution in [3.05, 3.63) is 35.1 Å². The van der Waals surface area contributed by atoms with Crippen LogP contribution in [0.25, 0.3) is 0 Å². The van der Waals surface area contributed by atoms with Gasteiger partial charge in [-0.3, -0.25) is 0 Å². The predicted octanol–water partition coefficient (Wildman–Crippen LogP) is 2.46. The van der Waals surface area contributed by atoms with Crippen LogP contribution >= 0.6 is 0 Å². The molecule has 0 saturated carbocycles. The van der Waals surface area contributed by atoms with Crippen LogP contribution in [0.3, 0.4) is 0 Å². The lowest BCUT2D eigenvalue weighted by atomic mass is 9.99. The maximum atomic E-state index is 12.9. The van der Waals surface area contributed by atoms with Crippen molar-refractivity contribution < 1.29 is 14.2 Å². The summed E-state index contributed by atoms with van der Waals surface area (Å²) in [4.78, 5) is 0. The molecular formula is C13H19FO2. The van der Waals surface area contributed by atoms with Gasteiger partial charge in [0.2, 0.25) is 0 Å². The number of halogens is 1. The molecular weight excluding hydrogens is 207 g/mol. The van der Waals surface area contributed by atoms with Crippen molar-refractivity contribution in [1.29, 1.82) is 0 Å². The zero-order valence-corrected chi connectivity index (χ0v) is 10.0. The van der Waals surface area contributed by atoms with Crippen molar-refractivity contribution in [2.45, 2.75) is 38.9 Å². The summed E-state index contributed by atoms with van der Waals surface area (Å²) >= 11 is 0. The summed E-state index contributed by atoms with van der Waals surface area (Å²) in [7, 11) is 1.63. The summed E-state index contributed by atoms with van der Waals surface area (Å²) in [6, 6.07) is 4.64. The molecule has 2 atom stereocenters. The average molecular weight is 226 g/mol. The van der Waals surface area contributed by atoms with Crippen LogP contribution in [0.4, 0.5) is 4.39 Å². The SMILES string of the molecule is COC(C)CC(O)Cc1ccc(F)cc1C. The van der Waals surface area contributed by atoms with E-state index in [0.29, 0.717) is 12.8 Å². The Hall–Kier alpha value is -0.930. The third-order valence-electron chi connectivity index (χ3n) is 2.77. The van der Waals surface area contributed by atoms with Gasteiger partial charge in [0.25, 0.3) is 0 Å². The first-order chi connectivity index (χ1) is 7.52. The van der Waals surface area contributed by atoms with Crippen LogP contribution in [0.5, 0.6) is 0 Å². The van der Waals surface area contributed by atoms with E-state index in [4.69, 9.17) is 4.74 Å². The Bertz CT molecular complexity index is 339. The van der Waals surface area contributed by atoms with E-state index < -0.39 is 6.10 Å². The van der Waals surface area contributed by atoms with Crippen molar-refractivity contribution in [2.24, 2.45) is 0 Å². The second-order valence-corrected chi connectivity index (χ2v) is 4.21. The highest BCUT2D eigenvalue weighted by molar-refractivity contribution is 5.27. The molecule has 0 aromatic heterocycles. The molecule has 0 aliphatic heterocycles. The molecule has 1 rings (SSSR count). The van der Waals surface area contributed by atoms with E-state index in [1.54, 1.807) is 13.2 Å². The number of hydrogen-bond donors (Lipinski definition) is 1. The number of methoxy groups -OCH3 is 1. The zero-order chi connectivity index (χ0) is 12.1. The Balaban J connectivity index is 2.59. The van der Waals surface area contributed by atoms with Gasteiger partial charge in [-0.05, 0) is 49.9 Å². The fourth-order valence-corrected chi connectivity index (χ4v) is 1.70. The van der Waals surface area contributed by atoms with Crippen LogP contribution in [-0.4, -0.2) is 24.4 Å². The van der Waals surface area contributed by atoms with Gasteiger partial charge in [-0.1, -0.05) is 6.07 Å². The van der Waals surface area contributed by atoms with Gasteiger partial charge in [-0.25, -0.2) is 4.39 Å². The molecule has 0 spiro atoms. The third kappa shape index (κ3) is 3.91. The van der Waals surface area contributed by atoms with Crippen LogP contribution < -0.4 is 0 Å². The van der Waals surface area contributed by atoms with E-state index in [-0.39, 0.29) is 11.9 Å². The van der Waals surface area contributed by atoms with Gasteiger partial charge in [0.15, 0.2) is 0 Å². The number of rotatable bonds is 5. The number of aliphatic hydroxyl groups is 1. The van der Waals surface area contributed by atoms with E-state index in [2.05, 4.69) is 0 Å². The lowest BCUT2D eigenvalue weighted by Gasteiger charge is -2.16. The quantitative estimate of drug-likeness (QED) is 0.835. The molecule has 2 unspecified atom stereocenters. The van der Waals surface area contributed by atoms with E-state index in [1.165, 1.54) is 12.1 Å². The topological polar surface area (TPSA) is 29.5 Å². The summed E-state index contributed by atoms with van der Waals surface area (Å²) in [5.41, 5.74) is 1.86. The second kappa shape index (κ2) is 5.97.